The summed E-state index contributed by atoms with van der Waals surface area (Å²) in [6, 6.07) is 0. The first kappa shape index (κ1) is 7.55. The molecule has 0 aromatic carbocycles. The molecule has 0 bridgehead atoms. The summed E-state index contributed by atoms with van der Waals surface area (Å²) < 4.78 is 1.94. The van der Waals surface area contributed by atoms with E-state index in [4.69, 9.17) is 11.6 Å². The summed E-state index contributed by atoms with van der Waals surface area (Å²) in [5.41, 5.74) is 2.05. The Morgan fingerprint density at radius 3 is 3.00 bits per heavy atom. The standard InChI is InChI=1S/C8H8ClN3/c1-5-4-12(2)7-6(5)3-10-8(9)11-7/h3-4H,1-2H3. The van der Waals surface area contributed by atoms with Crippen LogP contribution in [0.5, 0.6) is 0 Å². The van der Waals surface area contributed by atoms with Crippen molar-refractivity contribution < 1.29 is 0 Å². The number of hydrogen-bond acceptors (Lipinski definition) is 2. The van der Waals surface area contributed by atoms with Crippen LogP contribution in [-0.2, 0) is 7.05 Å². The van der Waals surface area contributed by atoms with Crippen LogP contribution < -0.4 is 0 Å². The molecule has 0 fully saturated rings. The molecule has 2 aromatic rings. The van der Waals surface area contributed by atoms with E-state index >= 15 is 0 Å². The molecule has 2 rings (SSSR count). The van der Waals surface area contributed by atoms with Gasteiger partial charge in [0.1, 0.15) is 5.65 Å². The van der Waals surface area contributed by atoms with Gasteiger partial charge in [0.2, 0.25) is 5.28 Å². The average Bonchev–Trinajstić information content (AvgIpc) is 2.28. The molecule has 0 unspecified atom stereocenters. The molecule has 0 amide bonds. The lowest BCUT2D eigenvalue weighted by Crippen LogP contribution is -1.89. The Bertz CT molecular complexity index is 433. The fourth-order valence-corrected chi connectivity index (χ4v) is 1.45. The molecule has 0 atom stereocenters. The highest BCUT2D eigenvalue weighted by Crippen LogP contribution is 2.17. The van der Waals surface area contributed by atoms with Crippen LogP contribution in [0.2, 0.25) is 5.28 Å². The summed E-state index contributed by atoms with van der Waals surface area (Å²) in [6.07, 6.45) is 3.76. The van der Waals surface area contributed by atoms with E-state index in [1.165, 1.54) is 5.56 Å². The summed E-state index contributed by atoms with van der Waals surface area (Å²) in [7, 11) is 1.94. The molecule has 0 radical (unpaired) electrons. The lowest BCUT2D eigenvalue weighted by atomic mass is 10.3. The zero-order valence-corrected chi connectivity index (χ0v) is 7.63. The lowest BCUT2D eigenvalue weighted by Gasteiger charge is -1.93. The molecule has 2 heterocycles. The van der Waals surface area contributed by atoms with Crippen LogP contribution in [0.4, 0.5) is 0 Å². The van der Waals surface area contributed by atoms with E-state index in [0.29, 0.717) is 5.28 Å². The Kier molecular flexibility index (Phi) is 1.54. The van der Waals surface area contributed by atoms with Gasteiger partial charge in [-0.2, -0.15) is 4.98 Å². The zero-order chi connectivity index (χ0) is 8.72. The Balaban J connectivity index is 2.90. The maximum atomic E-state index is 5.66. The predicted octanol–water partition coefficient (Wildman–Crippen LogP) is 1.93. The first-order chi connectivity index (χ1) is 5.68. The van der Waals surface area contributed by atoms with Crippen LogP contribution in [0.3, 0.4) is 0 Å². The van der Waals surface area contributed by atoms with E-state index < -0.39 is 0 Å². The van der Waals surface area contributed by atoms with E-state index in [2.05, 4.69) is 9.97 Å². The molecular formula is C8H8ClN3. The number of hydrogen-bond donors (Lipinski definition) is 0. The first-order valence-corrected chi connectivity index (χ1v) is 4.00. The molecule has 12 heavy (non-hydrogen) atoms. The van der Waals surface area contributed by atoms with Gasteiger partial charge >= 0.3 is 0 Å². The molecule has 0 N–H and O–H groups in total. The molecular weight excluding hydrogens is 174 g/mol. The highest BCUT2D eigenvalue weighted by Gasteiger charge is 2.04. The largest absolute Gasteiger partial charge is 0.335 e. The summed E-state index contributed by atoms with van der Waals surface area (Å²) >= 11 is 5.66. The van der Waals surface area contributed by atoms with Gasteiger partial charge in [0.15, 0.2) is 0 Å². The van der Waals surface area contributed by atoms with Gasteiger partial charge in [0.25, 0.3) is 0 Å². The van der Waals surface area contributed by atoms with E-state index in [-0.39, 0.29) is 0 Å². The number of nitrogens with zero attached hydrogens (tertiary/aromatic N) is 3. The van der Waals surface area contributed by atoms with Crippen molar-refractivity contribution in [1.82, 2.24) is 14.5 Å². The normalized spacial score (nSPS) is 10.9. The third kappa shape index (κ3) is 0.975. The molecule has 2 aromatic heterocycles. The third-order valence-corrected chi connectivity index (χ3v) is 2.07. The SMILES string of the molecule is Cc1cn(C)c2nc(Cl)ncc12. The van der Waals surface area contributed by atoms with Gasteiger partial charge in [-0.25, -0.2) is 4.98 Å². The second kappa shape index (κ2) is 2.45. The number of rotatable bonds is 0. The lowest BCUT2D eigenvalue weighted by molar-refractivity contribution is 0.940. The van der Waals surface area contributed by atoms with Crippen molar-refractivity contribution in [3.63, 3.8) is 0 Å². The molecule has 0 aliphatic rings. The molecule has 62 valence electrons. The fourth-order valence-electron chi connectivity index (χ4n) is 1.32. The van der Waals surface area contributed by atoms with Gasteiger partial charge in [-0.1, -0.05) is 0 Å². The van der Waals surface area contributed by atoms with Gasteiger partial charge < -0.3 is 4.57 Å². The van der Waals surface area contributed by atoms with Crippen LogP contribution in [0.15, 0.2) is 12.4 Å². The number of halogens is 1. The molecule has 0 aliphatic carbocycles. The summed E-state index contributed by atoms with van der Waals surface area (Å²) in [5, 5.41) is 1.35. The zero-order valence-electron chi connectivity index (χ0n) is 6.87. The molecule has 0 saturated carbocycles. The molecule has 0 spiro atoms. The summed E-state index contributed by atoms with van der Waals surface area (Å²) in [4.78, 5) is 8.04. The van der Waals surface area contributed by atoms with Gasteiger partial charge in [0.05, 0.1) is 0 Å². The molecule has 3 nitrogen and oxygen atoms in total. The van der Waals surface area contributed by atoms with Gasteiger partial charge in [-0.15, -0.1) is 0 Å². The minimum absolute atomic E-state index is 0.295. The van der Waals surface area contributed by atoms with Crippen molar-refractivity contribution >= 4 is 22.6 Å². The predicted molar refractivity (Wildman–Crippen MR) is 48.3 cm³/mol. The van der Waals surface area contributed by atoms with Gasteiger partial charge in [-0.05, 0) is 24.1 Å². The number of fused-ring (bicyclic) bond motifs is 1. The number of aryl methyl sites for hydroxylation is 2. The van der Waals surface area contributed by atoms with Crippen molar-refractivity contribution in [2.75, 3.05) is 0 Å². The minimum Gasteiger partial charge on any atom is -0.335 e. The highest BCUT2D eigenvalue weighted by atomic mass is 35.5. The first-order valence-electron chi connectivity index (χ1n) is 3.62. The fraction of sp³-hybridized carbons (Fsp3) is 0.250. The molecule has 4 heteroatoms. The smallest absolute Gasteiger partial charge is 0.224 e. The number of aromatic nitrogens is 3. The Hall–Kier alpha value is -1.09. The topological polar surface area (TPSA) is 30.7 Å². The van der Waals surface area contributed by atoms with Crippen molar-refractivity contribution in [3.05, 3.63) is 23.2 Å². The van der Waals surface area contributed by atoms with Gasteiger partial charge in [0, 0.05) is 24.8 Å². The van der Waals surface area contributed by atoms with E-state index in [1.54, 1.807) is 6.20 Å². The van der Waals surface area contributed by atoms with E-state index in [9.17, 15) is 0 Å². The van der Waals surface area contributed by atoms with E-state index in [1.807, 2.05) is 24.7 Å². The van der Waals surface area contributed by atoms with Crippen molar-refractivity contribution in [3.8, 4) is 0 Å². The average molecular weight is 182 g/mol. The second-order valence-electron chi connectivity index (χ2n) is 2.80. The molecule has 0 saturated heterocycles. The van der Waals surface area contributed by atoms with Crippen molar-refractivity contribution in [2.24, 2.45) is 7.05 Å². The Morgan fingerprint density at radius 2 is 2.25 bits per heavy atom. The van der Waals surface area contributed by atoms with Gasteiger partial charge in [-0.3, -0.25) is 0 Å². The van der Waals surface area contributed by atoms with Crippen molar-refractivity contribution in [1.29, 1.82) is 0 Å². The Morgan fingerprint density at radius 1 is 1.50 bits per heavy atom. The maximum absolute atomic E-state index is 5.66. The maximum Gasteiger partial charge on any atom is 0.224 e. The van der Waals surface area contributed by atoms with E-state index in [0.717, 1.165) is 11.0 Å². The minimum atomic E-state index is 0.295. The Labute approximate surface area is 75.0 Å². The monoisotopic (exact) mass is 181 g/mol. The van der Waals surface area contributed by atoms with Crippen LogP contribution in [0, 0.1) is 6.92 Å². The molecule has 0 aliphatic heterocycles. The quantitative estimate of drug-likeness (QED) is 0.582. The summed E-state index contributed by atoms with van der Waals surface area (Å²) in [6.45, 7) is 2.03. The van der Waals surface area contributed by atoms with Crippen LogP contribution >= 0.6 is 11.6 Å². The second-order valence-corrected chi connectivity index (χ2v) is 3.14. The highest BCUT2D eigenvalue weighted by molar-refractivity contribution is 6.28. The summed E-state index contributed by atoms with van der Waals surface area (Å²) in [5.74, 6) is 0. The van der Waals surface area contributed by atoms with Crippen LogP contribution in [-0.4, -0.2) is 14.5 Å². The van der Waals surface area contributed by atoms with Crippen molar-refractivity contribution in [2.45, 2.75) is 6.92 Å². The third-order valence-electron chi connectivity index (χ3n) is 1.89. The van der Waals surface area contributed by atoms with Crippen LogP contribution in [0.1, 0.15) is 5.56 Å². The van der Waals surface area contributed by atoms with Crippen LogP contribution in [0.25, 0.3) is 11.0 Å².